The summed E-state index contributed by atoms with van der Waals surface area (Å²) in [6.45, 7) is 5.78. The summed E-state index contributed by atoms with van der Waals surface area (Å²) in [6, 6.07) is 1.92. The van der Waals surface area contributed by atoms with Crippen LogP contribution in [0.2, 0.25) is 0 Å². The van der Waals surface area contributed by atoms with Crippen molar-refractivity contribution in [2.45, 2.75) is 33.1 Å². The van der Waals surface area contributed by atoms with Gasteiger partial charge in [-0.2, -0.15) is 0 Å². The minimum absolute atomic E-state index is 0.129. The van der Waals surface area contributed by atoms with Gasteiger partial charge in [0, 0.05) is 13.1 Å². The third kappa shape index (κ3) is 3.62. The van der Waals surface area contributed by atoms with Crippen LogP contribution in [0.3, 0.4) is 0 Å². The standard InChI is InChI=1S/C16H21NO2S/c1-12-5-3-8-17(9-7-12)16(19)15-11-13(2)14(20-15)6-4-10-18/h11-12,18H,3,5,7-10H2,1-2H3. The van der Waals surface area contributed by atoms with Crippen molar-refractivity contribution in [3.8, 4) is 11.8 Å². The Hall–Kier alpha value is -1.31. The highest BCUT2D eigenvalue weighted by atomic mass is 32.1. The molecule has 1 atom stereocenters. The predicted octanol–water partition coefficient (Wildman–Crippen LogP) is 2.66. The summed E-state index contributed by atoms with van der Waals surface area (Å²) in [5, 5.41) is 8.75. The molecule has 0 aromatic carbocycles. The topological polar surface area (TPSA) is 40.5 Å². The van der Waals surface area contributed by atoms with Crippen molar-refractivity contribution in [1.82, 2.24) is 4.90 Å². The lowest BCUT2D eigenvalue weighted by Crippen LogP contribution is -2.31. The second-order valence-corrected chi connectivity index (χ2v) is 6.46. The molecular weight excluding hydrogens is 270 g/mol. The molecule has 2 heterocycles. The van der Waals surface area contributed by atoms with Crippen molar-refractivity contribution < 1.29 is 9.90 Å². The Morgan fingerprint density at radius 2 is 2.30 bits per heavy atom. The van der Waals surface area contributed by atoms with E-state index in [-0.39, 0.29) is 12.5 Å². The number of nitrogens with zero attached hydrogens (tertiary/aromatic N) is 1. The molecule has 0 aliphatic carbocycles. The van der Waals surface area contributed by atoms with Crippen LogP contribution in [-0.4, -0.2) is 35.6 Å². The molecule has 0 bridgehead atoms. The number of carbonyl (C=O) groups is 1. The number of aliphatic hydroxyl groups is 1. The van der Waals surface area contributed by atoms with Crippen LogP contribution >= 0.6 is 11.3 Å². The summed E-state index contributed by atoms with van der Waals surface area (Å²) in [5.74, 6) is 6.39. The predicted molar refractivity (Wildman–Crippen MR) is 81.9 cm³/mol. The molecule has 20 heavy (non-hydrogen) atoms. The Morgan fingerprint density at radius 3 is 3.05 bits per heavy atom. The highest BCUT2D eigenvalue weighted by Gasteiger charge is 2.21. The zero-order valence-electron chi connectivity index (χ0n) is 12.1. The van der Waals surface area contributed by atoms with E-state index in [2.05, 4.69) is 18.8 Å². The quantitative estimate of drug-likeness (QED) is 0.808. The molecule has 0 saturated carbocycles. The van der Waals surface area contributed by atoms with E-state index in [0.717, 1.165) is 41.2 Å². The van der Waals surface area contributed by atoms with Crippen molar-refractivity contribution >= 4 is 17.2 Å². The van der Waals surface area contributed by atoms with Crippen LogP contribution in [0, 0.1) is 24.7 Å². The number of aliphatic hydroxyl groups excluding tert-OH is 1. The second-order valence-electron chi connectivity index (χ2n) is 5.41. The van der Waals surface area contributed by atoms with Gasteiger partial charge in [-0.1, -0.05) is 18.8 Å². The van der Waals surface area contributed by atoms with E-state index in [1.165, 1.54) is 17.8 Å². The second kappa shape index (κ2) is 6.92. The average Bonchev–Trinajstić information content (AvgIpc) is 2.65. The van der Waals surface area contributed by atoms with Crippen LogP contribution in [0.25, 0.3) is 0 Å². The highest BCUT2D eigenvalue weighted by molar-refractivity contribution is 7.14. The molecule has 3 nitrogen and oxygen atoms in total. The number of amides is 1. The molecule has 1 N–H and O–H groups in total. The summed E-state index contributed by atoms with van der Waals surface area (Å²) in [7, 11) is 0. The SMILES string of the molecule is Cc1cc(C(=O)N2CCCC(C)CC2)sc1C#CCO. The third-order valence-corrected chi connectivity index (χ3v) is 4.85. The summed E-state index contributed by atoms with van der Waals surface area (Å²) in [6.07, 6.45) is 3.39. The van der Waals surface area contributed by atoms with E-state index in [1.54, 1.807) is 0 Å². The van der Waals surface area contributed by atoms with Gasteiger partial charge in [0.2, 0.25) is 0 Å². The maximum atomic E-state index is 12.5. The van der Waals surface area contributed by atoms with Gasteiger partial charge in [-0.15, -0.1) is 11.3 Å². The molecule has 2 rings (SSSR count). The van der Waals surface area contributed by atoms with Crippen LogP contribution in [0.15, 0.2) is 6.07 Å². The summed E-state index contributed by atoms with van der Waals surface area (Å²) >= 11 is 1.43. The molecule has 0 spiro atoms. The maximum Gasteiger partial charge on any atom is 0.263 e. The van der Waals surface area contributed by atoms with Gasteiger partial charge in [0.05, 0.1) is 9.75 Å². The number of aryl methyl sites for hydroxylation is 1. The van der Waals surface area contributed by atoms with Crippen LogP contribution in [0.1, 0.15) is 46.3 Å². The maximum absolute atomic E-state index is 12.5. The van der Waals surface area contributed by atoms with Gasteiger partial charge in [-0.3, -0.25) is 4.79 Å². The largest absolute Gasteiger partial charge is 0.384 e. The molecule has 4 heteroatoms. The van der Waals surface area contributed by atoms with Gasteiger partial charge in [0.1, 0.15) is 6.61 Å². The fourth-order valence-electron chi connectivity index (χ4n) is 2.45. The normalized spacial score (nSPS) is 19.1. The lowest BCUT2D eigenvalue weighted by molar-refractivity contribution is 0.0765. The van der Waals surface area contributed by atoms with Gasteiger partial charge in [-0.25, -0.2) is 0 Å². The van der Waals surface area contributed by atoms with Crippen molar-refractivity contribution in [2.75, 3.05) is 19.7 Å². The molecule has 1 fully saturated rings. The molecule has 1 aliphatic heterocycles. The first-order valence-corrected chi connectivity index (χ1v) is 7.93. The number of thiophene rings is 1. The number of hydrogen-bond donors (Lipinski definition) is 1. The Balaban J connectivity index is 2.12. The van der Waals surface area contributed by atoms with Crippen LogP contribution in [0.5, 0.6) is 0 Å². The fourth-order valence-corrected chi connectivity index (χ4v) is 3.47. The molecule has 108 valence electrons. The van der Waals surface area contributed by atoms with Crippen LogP contribution in [0.4, 0.5) is 0 Å². The summed E-state index contributed by atoms with van der Waals surface area (Å²) < 4.78 is 0. The molecule has 1 aromatic heterocycles. The van der Waals surface area contributed by atoms with Gasteiger partial charge >= 0.3 is 0 Å². The van der Waals surface area contributed by atoms with E-state index in [1.807, 2.05) is 17.9 Å². The summed E-state index contributed by atoms with van der Waals surface area (Å²) in [4.78, 5) is 16.2. The fraction of sp³-hybridized carbons (Fsp3) is 0.562. The molecular formula is C16H21NO2S. The Morgan fingerprint density at radius 1 is 1.50 bits per heavy atom. The molecule has 1 unspecified atom stereocenters. The zero-order chi connectivity index (χ0) is 14.5. The molecule has 0 radical (unpaired) electrons. The first-order valence-electron chi connectivity index (χ1n) is 7.11. The van der Waals surface area contributed by atoms with E-state index in [9.17, 15) is 4.79 Å². The lowest BCUT2D eigenvalue weighted by Gasteiger charge is -2.19. The molecule has 1 aliphatic rings. The van der Waals surface area contributed by atoms with Crippen molar-refractivity contribution in [3.63, 3.8) is 0 Å². The Labute approximate surface area is 124 Å². The minimum atomic E-state index is -0.148. The summed E-state index contributed by atoms with van der Waals surface area (Å²) in [5.41, 5.74) is 1.02. The number of carbonyl (C=O) groups excluding carboxylic acids is 1. The Kier molecular flexibility index (Phi) is 5.22. The average molecular weight is 291 g/mol. The number of likely N-dealkylation sites (tertiary alicyclic amines) is 1. The first kappa shape index (κ1) is 15.1. The van der Waals surface area contributed by atoms with Gasteiger partial charge in [0.15, 0.2) is 0 Å². The molecule has 1 saturated heterocycles. The lowest BCUT2D eigenvalue weighted by atomic mass is 10.0. The van der Waals surface area contributed by atoms with Crippen LogP contribution < -0.4 is 0 Å². The highest BCUT2D eigenvalue weighted by Crippen LogP contribution is 2.24. The van der Waals surface area contributed by atoms with E-state index >= 15 is 0 Å². The van der Waals surface area contributed by atoms with Crippen LogP contribution in [-0.2, 0) is 0 Å². The van der Waals surface area contributed by atoms with Gasteiger partial charge in [0.25, 0.3) is 5.91 Å². The number of hydrogen-bond acceptors (Lipinski definition) is 3. The number of rotatable bonds is 1. The van der Waals surface area contributed by atoms with E-state index < -0.39 is 0 Å². The molecule has 1 amide bonds. The van der Waals surface area contributed by atoms with Gasteiger partial charge < -0.3 is 10.0 Å². The van der Waals surface area contributed by atoms with E-state index in [4.69, 9.17) is 5.11 Å². The first-order chi connectivity index (χ1) is 9.61. The monoisotopic (exact) mass is 291 g/mol. The Bertz CT molecular complexity index is 538. The third-order valence-electron chi connectivity index (χ3n) is 3.71. The smallest absolute Gasteiger partial charge is 0.263 e. The molecule has 1 aromatic rings. The van der Waals surface area contributed by atoms with E-state index in [0.29, 0.717) is 5.92 Å². The van der Waals surface area contributed by atoms with Crippen molar-refractivity contribution in [1.29, 1.82) is 0 Å². The zero-order valence-corrected chi connectivity index (χ0v) is 12.9. The van der Waals surface area contributed by atoms with Gasteiger partial charge in [-0.05, 0) is 43.7 Å². The van der Waals surface area contributed by atoms with Crippen molar-refractivity contribution in [3.05, 3.63) is 21.4 Å². The van der Waals surface area contributed by atoms with Crippen molar-refractivity contribution in [2.24, 2.45) is 5.92 Å². The minimum Gasteiger partial charge on any atom is -0.384 e.